The van der Waals surface area contributed by atoms with E-state index in [0.717, 1.165) is 24.0 Å². The highest BCUT2D eigenvalue weighted by molar-refractivity contribution is 7.13. The molecule has 2 aromatic heterocycles. The first-order valence-corrected chi connectivity index (χ1v) is 21.3. The smallest absolute Gasteiger partial charge is 0.413 e. The van der Waals surface area contributed by atoms with Crippen LogP contribution in [0.3, 0.4) is 0 Å². The van der Waals surface area contributed by atoms with Gasteiger partial charge < -0.3 is 19.2 Å². The van der Waals surface area contributed by atoms with Gasteiger partial charge in [-0.3, -0.25) is 20.0 Å². The Morgan fingerprint density at radius 1 is 0.941 bits per heavy atom. The normalized spacial score (nSPS) is 17.5. The van der Waals surface area contributed by atoms with Crippen molar-refractivity contribution in [3.63, 3.8) is 0 Å². The molecule has 2 N–H and O–H groups in total. The molecule has 11 nitrogen and oxygen atoms in total. The Labute approximate surface area is 308 Å². The van der Waals surface area contributed by atoms with Crippen molar-refractivity contribution in [3.8, 4) is 0 Å². The summed E-state index contributed by atoms with van der Waals surface area (Å²) in [6.07, 6.45) is 4.53. The lowest BCUT2D eigenvalue weighted by Gasteiger charge is -2.43. The number of ether oxygens (including phenoxy) is 2. The van der Waals surface area contributed by atoms with E-state index in [0.29, 0.717) is 22.9 Å². The maximum atomic E-state index is 14.0. The number of carbonyl (C=O) groups excluding carboxylic acids is 3. The highest BCUT2D eigenvalue weighted by Crippen LogP contribution is 2.44. The van der Waals surface area contributed by atoms with E-state index in [1.165, 1.54) is 11.3 Å². The van der Waals surface area contributed by atoms with E-state index >= 15 is 0 Å². The van der Waals surface area contributed by atoms with E-state index < -0.39 is 25.6 Å². The Balaban J connectivity index is 1.47. The lowest BCUT2D eigenvalue weighted by atomic mass is 10.0. The van der Waals surface area contributed by atoms with E-state index in [9.17, 15) is 14.4 Å². The van der Waals surface area contributed by atoms with Crippen molar-refractivity contribution in [1.29, 1.82) is 0 Å². The molecule has 51 heavy (non-hydrogen) atoms. The van der Waals surface area contributed by atoms with Crippen LogP contribution in [0.4, 0.5) is 20.4 Å². The molecular weight excluding hydrogens is 683 g/mol. The molecule has 1 aliphatic heterocycles. The van der Waals surface area contributed by atoms with Crippen LogP contribution in [-0.4, -0.2) is 64.6 Å². The average Bonchev–Trinajstić information content (AvgIpc) is 3.61. The van der Waals surface area contributed by atoms with Gasteiger partial charge in [-0.25, -0.2) is 14.6 Å². The fourth-order valence-electron chi connectivity index (χ4n) is 5.62. The molecule has 0 saturated carbocycles. The first kappa shape index (κ1) is 40.0. The van der Waals surface area contributed by atoms with E-state index in [4.69, 9.17) is 13.9 Å². The molecule has 3 atom stereocenters. The predicted molar refractivity (Wildman–Crippen MR) is 205 cm³/mol. The zero-order valence-corrected chi connectivity index (χ0v) is 33.8. The molecular formula is C38H55N5O6SSi. The summed E-state index contributed by atoms with van der Waals surface area (Å²) >= 11 is 1.23. The topological polar surface area (TPSA) is 132 Å². The summed E-state index contributed by atoms with van der Waals surface area (Å²) in [6.45, 7) is 22.1. The second-order valence-electron chi connectivity index (χ2n) is 16.7. The maximum Gasteiger partial charge on any atom is 0.413 e. The van der Waals surface area contributed by atoms with Gasteiger partial charge in [-0.15, -0.1) is 11.3 Å². The lowest BCUT2D eigenvalue weighted by molar-refractivity contribution is -0.115. The standard InChI is InChI=1S/C38H55N5O6SSi/c1-36(2,3)47-34(45)42-33-41-28(24-50-33)22-31(44)40-27-16-14-25(15-17-27)21-29-18-19-30(43(29)35(46)48-37(4,5)6)32(26-13-12-20-39-23-26)49-51(10,11)38(7,8)9/h12-17,20,23-24,29-30,32H,18-19,21-22H2,1-11H3,(H,40,44)(H,41,42,45)/t29-,30+,32+/m0/s1. The monoisotopic (exact) mass is 737 g/mol. The molecule has 0 spiro atoms. The van der Waals surface area contributed by atoms with Gasteiger partial charge in [0.05, 0.1) is 24.3 Å². The second kappa shape index (κ2) is 15.8. The number of benzene rings is 1. The van der Waals surface area contributed by atoms with Crippen molar-refractivity contribution in [2.24, 2.45) is 0 Å². The van der Waals surface area contributed by atoms with Crippen molar-refractivity contribution in [1.82, 2.24) is 14.9 Å². The third-order valence-electron chi connectivity index (χ3n) is 8.95. The van der Waals surface area contributed by atoms with Crippen molar-refractivity contribution >= 4 is 48.6 Å². The number of nitrogens with zero attached hydrogens (tertiary/aromatic N) is 3. The Bertz CT molecular complexity index is 1640. The summed E-state index contributed by atoms with van der Waals surface area (Å²) in [6, 6.07) is 11.3. The molecule has 3 heterocycles. The quantitative estimate of drug-likeness (QED) is 0.197. The van der Waals surface area contributed by atoms with Gasteiger partial charge in [-0.1, -0.05) is 39.0 Å². The van der Waals surface area contributed by atoms with Gasteiger partial charge in [0.25, 0.3) is 0 Å². The molecule has 1 aliphatic rings. The third-order valence-corrected chi connectivity index (χ3v) is 14.2. The molecule has 0 bridgehead atoms. The zero-order valence-electron chi connectivity index (χ0n) is 32.0. The van der Waals surface area contributed by atoms with E-state index in [2.05, 4.69) is 54.5 Å². The first-order chi connectivity index (χ1) is 23.6. The summed E-state index contributed by atoms with van der Waals surface area (Å²) < 4.78 is 18.4. The van der Waals surface area contributed by atoms with Crippen molar-refractivity contribution in [2.45, 2.75) is 136 Å². The summed E-state index contributed by atoms with van der Waals surface area (Å²) in [7, 11) is -2.25. The molecule has 0 radical (unpaired) electrons. The van der Waals surface area contributed by atoms with Crippen LogP contribution in [0.2, 0.25) is 18.1 Å². The lowest BCUT2D eigenvalue weighted by Crippen LogP contribution is -2.50. The number of likely N-dealkylation sites (tertiary alicyclic amines) is 1. The Morgan fingerprint density at radius 3 is 2.20 bits per heavy atom. The zero-order chi connectivity index (χ0) is 37.8. The van der Waals surface area contributed by atoms with Crippen LogP contribution >= 0.6 is 11.3 Å². The molecule has 278 valence electrons. The largest absolute Gasteiger partial charge is 0.444 e. The molecule has 4 rings (SSSR count). The fourth-order valence-corrected chi connectivity index (χ4v) is 7.60. The van der Waals surface area contributed by atoms with Crippen LogP contribution in [0, 0.1) is 0 Å². The Kier molecular flexibility index (Phi) is 12.4. The highest BCUT2D eigenvalue weighted by Gasteiger charge is 2.47. The van der Waals surface area contributed by atoms with Gasteiger partial charge in [-0.05, 0) is 108 Å². The second-order valence-corrected chi connectivity index (χ2v) is 22.3. The number of rotatable bonds is 10. The van der Waals surface area contributed by atoms with E-state index in [1.807, 2.05) is 68.3 Å². The number of hydrogen-bond donors (Lipinski definition) is 2. The maximum absolute atomic E-state index is 14.0. The molecule has 0 unspecified atom stereocenters. The van der Waals surface area contributed by atoms with Gasteiger partial charge in [0.15, 0.2) is 13.4 Å². The van der Waals surface area contributed by atoms with Gasteiger partial charge in [0.2, 0.25) is 5.91 Å². The van der Waals surface area contributed by atoms with Gasteiger partial charge in [0.1, 0.15) is 11.2 Å². The molecule has 3 aromatic rings. The number of pyridine rings is 1. The van der Waals surface area contributed by atoms with Crippen molar-refractivity contribution in [2.75, 3.05) is 10.6 Å². The third kappa shape index (κ3) is 11.6. The minimum Gasteiger partial charge on any atom is -0.444 e. The number of thiazole rings is 1. The number of nitrogens with one attached hydrogen (secondary N) is 2. The number of amides is 3. The Morgan fingerprint density at radius 2 is 1.61 bits per heavy atom. The van der Waals surface area contributed by atoms with Crippen LogP contribution in [0.15, 0.2) is 54.2 Å². The summed E-state index contributed by atoms with van der Waals surface area (Å²) in [5, 5.41) is 7.61. The fraction of sp³-hybridized carbons (Fsp3) is 0.553. The predicted octanol–water partition coefficient (Wildman–Crippen LogP) is 9.14. The number of anilines is 2. The van der Waals surface area contributed by atoms with Crippen molar-refractivity contribution < 1.29 is 28.3 Å². The molecule has 0 aliphatic carbocycles. The molecule has 3 amide bonds. The van der Waals surface area contributed by atoms with Crippen LogP contribution in [0.25, 0.3) is 0 Å². The molecule has 1 fully saturated rings. The summed E-state index contributed by atoms with van der Waals surface area (Å²) in [5.74, 6) is -0.227. The van der Waals surface area contributed by atoms with E-state index in [1.54, 1.807) is 32.3 Å². The summed E-state index contributed by atoms with van der Waals surface area (Å²) in [5.41, 5.74) is 1.90. The van der Waals surface area contributed by atoms with Crippen LogP contribution < -0.4 is 10.6 Å². The van der Waals surface area contributed by atoms with Crippen LogP contribution in [0.1, 0.15) is 98.1 Å². The minimum absolute atomic E-state index is 0.0263. The highest BCUT2D eigenvalue weighted by atomic mass is 32.1. The number of carbonyl (C=O) groups is 3. The summed E-state index contributed by atoms with van der Waals surface area (Å²) in [4.78, 5) is 49.5. The minimum atomic E-state index is -2.25. The van der Waals surface area contributed by atoms with E-state index in [-0.39, 0.29) is 41.6 Å². The SMILES string of the molecule is CC(C)(C)OC(=O)Nc1nc(CC(=O)Nc2ccc(C[C@@H]3CC[C@H]([C@H](O[Si](C)(C)C(C)(C)C)c4cccnc4)N3C(=O)OC(C)(C)C)cc2)cs1. The molecule has 13 heteroatoms. The number of aromatic nitrogens is 2. The van der Waals surface area contributed by atoms with Gasteiger partial charge in [-0.2, -0.15) is 0 Å². The van der Waals surface area contributed by atoms with Gasteiger partial charge in [0, 0.05) is 29.5 Å². The van der Waals surface area contributed by atoms with Crippen LogP contribution in [-0.2, 0) is 31.5 Å². The Hall–Kier alpha value is -3.81. The van der Waals surface area contributed by atoms with Crippen molar-refractivity contribution in [3.05, 3.63) is 71.0 Å². The average molecular weight is 738 g/mol. The number of hydrogen-bond acceptors (Lipinski definition) is 9. The van der Waals surface area contributed by atoms with Crippen LogP contribution in [0.5, 0.6) is 0 Å². The first-order valence-electron chi connectivity index (χ1n) is 17.5. The van der Waals surface area contributed by atoms with Gasteiger partial charge >= 0.3 is 12.2 Å². The molecule has 1 aromatic carbocycles. The molecule has 1 saturated heterocycles.